The van der Waals surface area contributed by atoms with Gasteiger partial charge in [0.2, 0.25) is 5.78 Å². The van der Waals surface area contributed by atoms with Crippen molar-refractivity contribution in [3.8, 4) is 5.75 Å². The molecule has 0 aliphatic rings. The lowest BCUT2D eigenvalue weighted by Gasteiger charge is -2.09. The molecule has 1 heterocycles. The number of hydrogen-bond donors (Lipinski definition) is 0. The summed E-state index contributed by atoms with van der Waals surface area (Å²) in [6.07, 6.45) is 1.38. The van der Waals surface area contributed by atoms with E-state index >= 15 is 0 Å². The zero-order valence-corrected chi connectivity index (χ0v) is 13.3. The van der Waals surface area contributed by atoms with Gasteiger partial charge in [-0.05, 0) is 24.3 Å². The van der Waals surface area contributed by atoms with E-state index in [1.54, 1.807) is 55.6 Å². The van der Waals surface area contributed by atoms with Gasteiger partial charge in [0, 0.05) is 22.5 Å². The first-order chi connectivity index (χ1) is 11.7. The van der Waals surface area contributed by atoms with Gasteiger partial charge in [-0.15, -0.1) is 0 Å². The van der Waals surface area contributed by atoms with Crippen LogP contribution in [0.25, 0.3) is 10.8 Å². The first-order valence-corrected chi connectivity index (χ1v) is 7.30. The Labute approximate surface area is 138 Å². The van der Waals surface area contributed by atoms with Gasteiger partial charge in [0.05, 0.1) is 19.8 Å². The Hall–Kier alpha value is -3.21. The monoisotopic (exact) mass is 321 g/mol. The van der Waals surface area contributed by atoms with Gasteiger partial charge in [-0.3, -0.25) is 9.78 Å². The van der Waals surface area contributed by atoms with Crippen molar-refractivity contribution in [2.24, 2.45) is 0 Å². The van der Waals surface area contributed by atoms with Crippen molar-refractivity contribution < 1.29 is 19.1 Å². The van der Waals surface area contributed by atoms with Gasteiger partial charge in [-0.1, -0.05) is 24.3 Å². The second-order valence-corrected chi connectivity index (χ2v) is 5.12. The van der Waals surface area contributed by atoms with Gasteiger partial charge in [0.1, 0.15) is 11.4 Å². The number of hydrogen-bond acceptors (Lipinski definition) is 5. The molecule has 120 valence electrons. The van der Waals surface area contributed by atoms with Gasteiger partial charge in [0.25, 0.3) is 0 Å². The minimum Gasteiger partial charge on any atom is -0.497 e. The highest BCUT2D eigenvalue weighted by atomic mass is 16.5. The van der Waals surface area contributed by atoms with Crippen LogP contribution in [0.15, 0.2) is 54.7 Å². The normalized spacial score (nSPS) is 10.4. The van der Waals surface area contributed by atoms with E-state index in [1.165, 1.54) is 13.3 Å². The summed E-state index contributed by atoms with van der Waals surface area (Å²) in [7, 11) is 2.88. The van der Waals surface area contributed by atoms with Crippen LogP contribution in [-0.4, -0.2) is 31.0 Å². The highest BCUT2D eigenvalue weighted by molar-refractivity contribution is 6.17. The molecule has 24 heavy (non-hydrogen) atoms. The van der Waals surface area contributed by atoms with Gasteiger partial charge < -0.3 is 9.47 Å². The molecule has 0 atom stereocenters. The lowest BCUT2D eigenvalue weighted by atomic mass is 10.00. The van der Waals surface area contributed by atoms with E-state index < -0.39 is 5.97 Å². The van der Waals surface area contributed by atoms with Crippen LogP contribution in [0.3, 0.4) is 0 Å². The van der Waals surface area contributed by atoms with Crippen molar-refractivity contribution in [3.05, 3.63) is 71.5 Å². The third kappa shape index (κ3) is 2.72. The number of carbonyl (C=O) groups is 2. The third-order valence-electron chi connectivity index (χ3n) is 3.77. The zero-order chi connectivity index (χ0) is 17.1. The molecule has 1 aromatic heterocycles. The minimum absolute atomic E-state index is 0.217. The largest absolute Gasteiger partial charge is 0.497 e. The van der Waals surface area contributed by atoms with E-state index in [2.05, 4.69) is 4.98 Å². The number of ether oxygens (including phenoxy) is 2. The molecule has 5 heteroatoms. The van der Waals surface area contributed by atoms with Crippen LogP contribution in [0, 0.1) is 0 Å². The van der Waals surface area contributed by atoms with Crippen LogP contribution in [0.1, 0.15) is 26.4 Å². The number of pyridine rings is 1. The molecule has 0 saturated carbocycles. The fraction of sp³-hybridized carbons (Fsp3) is 0.105. The standard InChI is InChI=1S/C19H15NO4/c1-23-13-9-7-12(8-10-13)18(21)17-15-6-4-3-5-14(15)16(11-20-17)19(22)24-2/h3-11H,1-2H3. The fourth-order valence-electron chi connectivity index (χ4n) is 2.53. The van der Waals surface area contributed by atoms with E-state index in [-0.39, 0.29) is 5.78 Å². The van der Waals surface area contributed by atoms with Gasteiger partial charge in [-0.25, -0.2) is 4.79 Å². The highest BCUT2D eigenvalue weighted by Crippen LogP contribution is 2.24. The lowest BCUT2D eigenvalue weighted by Crippen LogP contribution is -2.09. The minimum atomic E-state index is -0.484. The quantitative estimate of drug-likeness (QED) is 0.545. The maximum Gasteiger partial charge on any atom is 0.340 e. The smallest absolute Gasteiger partial charge is 0.340 e. The second-order valence-electron chi connectivity index (χ2n) is 5.12. The number of carbonyl (C=O) groups excluding carboxylic acids is 2. The average Bonchev–Trinajstić information content (AvgIpc) is 2.66. The molecule has 0 amide bonds. The average molecular weight is 321 g/mol. The van der Waals surface area contributed by atoms with Crippen LogP contribution in [0.4, 0.5) is 0 Å². The van der Waals surface area contributed by atoms with Crippen molar-refractivity contribution in [2.45, 2.75) is 0 Å². The molecule has 0 N–H and O–H groups in total. The van der Waals surface area contributed by atoms with Crippen molar-refractivity contribution in [3.63, 3.8) is 0 Å². The van der Waals surface area contributed by atoms with Crippen molar-refractivity contribution in [1.82, 2.24) is 4.98 Å². The SMILES string of the molecule is COC(=O)c1cnc(C(=O)c2ccc(OC)cc2)c2ccccc12. The number of aromatic nitrogens is 1. The maximum absolute atomic E-state index is 12.8. The van der Waals surface area contributed by atoms with Crippen molar-refractivity contribution in [1.29, 1.82) is 0 Å². The fourth-order valence-corrected chi connectivity index (χ4v) is 2.53. The van der Waals surface area contributed by atoms with Crippen LogP contribution in [0.2, 0.25) is 0 Å². The number of nitrogens with zero attached hydrogens (tertiary/aromatic N) is 1. The molecule has 3 rings (SSSR count). The van der Waals surface area contributed by atoms with E-state index in [0.29, 0.717) is 33.3 Å². The lowest BCUT2D eigenvalue weighted by molar-refractivity contribution is 0.0602. The molecule has 0 saturated heterocycles. The van der Waals surface area contributed by atoms with Crippen LogP contribution in [-0.2, 0) is 4.74 Å². The number of methoxy groups -OCH3 is 2. The molecule has 3 aromatic rings. The van der Waals surface area contributed by atoms with Crippen molar-refractivity contribution >= 4 is 22.5 Å². The first-order valence-electron chi connectivity index (χ1n) is 7.30. The Bertz CT molecular complexity index is 916. The Balaban J connectivity index is 2.12. The molecular weight excluding hydrogens is 306 g/mol. The maximum atomic E-state index is 12.8. The van der Waals surface area contributed by atoms with Crippen LogP contribution >= 0.6 is 0 Å². The van der Waals surface area contributed by atoms with E-state index in [4.69, 9.17) is 9.47 Å². The topological polar surface area (TPSA) is 65.5 Å². The third-order valence-corrected chi connectivity index (χ3v) is 3.77. The summed E-state index contributed by atoms with van der Waals surface area (Å²) in [6.45, 7) is 0. The molecule has 0 aliphatic carbocycles. The molecule has 0 aliphatic heterocycles. The number of esters is 1. The molecule has 2 aromatic carbocycles. The summed E-state index contributed by atoms with van der Waals surface area (Å²) in [6, 6.07) is 14.0. The van der Waals surface area contributed by atoms with Gasteiger partial charge in [0.15, 0.2) is 0 Å². The molecule has 0 bridgehead atoms. The van der Waals surface area contributed by atoms with Crippen molar-refractivity contribution in [2.75, 3.05) is 14.2 Å². The molecule has 0 radical (unpaired) electrons. The summed E-state index contributed by atoms with van der Waals surface area (Å²) in [4.78, 5) is 28.9. The van der Waals surface area contributed by atoms with E-state index in [1.807, 2.05) is 0 Å². The number of rotatable bonds is 4. The molecular formula is C19H15NO4. The van der Waals surface area contributed by atoms with Crippen LogP contribution in [0.5, 0.6) is 5.75 Å². The summed E-state index contributed by atoms with van der Waals surface area (Å²) in [5, 5.41) is 1.25. The first kappa shape index (κ1) is 15.7. The summed E-state index contributed by atoms with van der Waals surface area (Å²) in [5.41, 5.74) is 1.13. The Kier molecular flexibility index (Phi) is 4.24. The molecule has 0 unspecified atom stereocenters. The molecule has 0 spiro atoms. The second kappa shape index (κ2) is 6.50. The van der Waals surface area contributed by atoms with Gasteiger partial charge in [-0.2, -0.15) is 0 Å². The summed E-state index contributed by atoms with van der Waals surface area (Å²) >= 11 is 0. The van der Waals surface area contributed by atoms with E-state index in [9.17, 15) is 9.59 Å². The predicted molar refractivity (Wildman–Crippen MR) is 89.5 cm³/mol. The highest BCUT2D eigenvalue weighted by Gasteiger charge is 2.18. The molecule has 0 fully saturated rings. The van der Waals surface area contributed by atoms with Gasteiger partial charge >= 0.3 is 5.97 Å². The summed E-state index contributed by atoms with van der Waals surface area (Å²) < 4.78 is 9.88. The zero-order valence-electron chi connectivity index (χ0n) is 13.3. The Morgan fingerprint density at radius 3 is 2.21 bits per heavy atom. The van der Waals surface area contributed by atoms with Crippen LogP contribution < -0.4 is 4.74 Å². The van der Waals surface area contributed by atoms with E-state index in [0.717, 1.165) is 0 Å². The Morgan fingerprint density at radius 1 is 0.917 bits per heavy atom. The predicted octanol–water partition coefficient (Wildman–Crippen LogP) is 3.26. The number of benzene rings is 2. The number of fused-ring (bicyclic) bond motifs is 1. The molecule has 5 nitrogen and oxygen atoms in total. The number of ketones is 1. The Morgan fingerprint density at radius 2 is 1.58 bits per heavy atom. The summed E-state index contributed by atoms with van der Waals surface area (Å²) in [5.74, 6) is -0.0298.